The Labute approximate surface area is 121 Å². The maximum Gasteiger partial charge on any atom is 0.310 e. The van der Waals surface area contributed by atoms with Crippen LogP contribution in [0.4, 0.5) is 5.69 Å². The molecule has 1 aromatic rings. The van der Waals surface area contributed by atoms with Crippen molar-refractivity contribution in [2.75, 3.05) is 0 Å². The molecule has 6 nitrogen and oxygen atoms in total. The number of rotatable bonds is 3. The van der Waals surface area contributed by atoms with E-state index in [2.05, 4.69) is 5.32 Å². The lowest BCUT2D eigenvalue weighted by atomic mass is 10.0. The Morgan fingerprint density at radius 1 is 1.29 bits per heavy atom. The van der Waals surface area contributed by atoms with E-state index in [9.17, 15) is 20.0 Å². The van der Waals surface area contributed by atoms with Gasteiger partial charge in [-0.3, -0.25) is 14.9 Å². The predicted molar refractivity (Wildman–Crippen MR) is 73.8 cm³/mol. The first-order valence-corrected chi connectivity index (χ1v) is 7.34. The topological polar surface area (TPSA) is 92.5 Å². The van der Waals surface area contributed by atoms with E-state index in [1.165, 1.54) is 37.5 Å². The summed E-state index contributed by atoms with van der Waals surface area (Å²) in [4.78, 5) is 22.2. The normalized spacial score (nSPS) is 35.3. The van der Waals surface area contributed by atoms with Crippen molar-refractivity contribution >= 4 is 11.6 Å². The second-order valence-electron chi connectivity index (χ2n) is 6.45. The number of benzene rings is 1. The number of carbonyl (C=O) groups excluding carboxylic acids is 1. The molecular formula is C15H16N2O4. The van der Waals surface area contributed by atoms with Crippen LogP contribution in [0.3, 0.4) is 0 Å². The van der Waals surface area contributed by atoms with Crippen LogP contribution in [0.15, 0.2) is 18.2 Å². The number of fused-ring (bicyclic) bond motifs is 5. The number of nitrogens with one attached hydrogen (secondary N) is 1. The standard InChI is InChI=1S/C15H16N2O4/c18-11-6-9(3-4-10(11)17(20)21)15(19)16-14-12-7-1-2-8(5-7)13(12)14/h3-4,6-8,12-14,18H,1-2,5H2,(H,16,19). The quantitative estimate of drug-likeness (QED) is 0.658. The summed E-state index contributed by atoms with van der Waals surface area (Å²) in [6.45, 7) is 0. The number of phenolic OH excluding ortho intramolecular Hbond substituents is 1. The number of nitrogens with zero attached hydrogens (tertiary/aromatic N) is 1. The highest BCUT2D eigenvalue weighted by molar-refractivity contribution is 5.95. The number of phenols is 1. The third kappa shape index (κ3) is 1.81. The van der Waals surface area contributed by atoms with Gasteiger partial charge in [-0.25, -0.2) is 0 Å². The van der Waals surface area contributed by atoms with Gasteiger partial charge in [0.15, 0.2) is 5.75 Å². The summed E-state index contributed by atoms with van der Waals surface area (Å²) in [7, 11) is 0. The van der Waals surface area contributed by atoms with Crippen molar-refractivity contribution in [1.29, 1.82) is 0 Å². The number of nitro groups is 1. The Morgan fingerprint density at radius 3 is 2.52 bits per heavy atom. The lowest BCUT2D eigenvalue weighted by molar-refractivity contribution is -0.385. The zero-order chi connectivity index (χ0) is 14.7. The van der Waals surface area contributed by atoms with Crippen molar-refractivity contribution in [2.24, 2.45) is 23.7 Å². The van der Waals surface area contributed by atoms with Gasteiger partial charge in [0.1, 0.15) is 0 Å². The van der Waals surface area contributed by atoms with Crippen LogP contribution in [0.25, 0.3) is 0 Å². The Morgan fingerprint density at radius 2 is 1.95 bits per heavy atom. The van der Waals surface area contributed by atoms with E-state index in [1.54, 1.807) is 0 Å². The van der Waals surface area contributed by atoms with Crippen LogP contribution in [-0.2, 0) is 0 Å². The van der Waals surface area contributed by atoms with Gasteiger partial charge in [-0.05, 0) is 55.1 Å². The monoisotopic (exact) mass is 288 g/mol. The van der Waals surface area contributed by atoms with E-state index in [1.807, 2.05) is 0 Å². The number of carbonyl (C=O) groups is 1. The van der Waals surface area contributed by atoms with Crippen molar-refractivity contribution in [2.45, 2.75) is 25.3 Å². The van der Waals surface area contributed by atoms with Crippen LogP contribution in [-0.4, -0.2) is 22.0 Å². The summed E-state index contributed by atoms with van der Waals surface area (Å²) in [5, 5.41) is 23.3. The van der Waals surface area contributed by atoms with Gasteiger partial charge in [-0.15, -0.1) is 0 Å². The lowest BCUT2D eigenvalue weighted by Crippen LogP contribution is -2.29. The minimum absolute atomic E-state index is 0.251. The van der Waals surface area contributed by atoms with Gasteiger partial charge in [-0.2, -0.15) is 0 Å². The van der Waals surface area contributed by atoms with E-state index in [-0.39, 0.29) is 23.2 Å². The molecule has 1 amide bonds. The smallest absolute Gasteiger partial charge is 0.310 e. The molecule has 0 spiro atoms. The molecule has 3 aliphatic carbocycles. The predicted octanol–water partition coefficient (Wildman–Crippen LogP) is 2.07. The Balaban J connectivity index is 1.47. The van der Waals surface area contributed by atoms with Gasteiger partial charge in [-0.1, -0.05) is 0 Å². The van der Waals surface area contributed by atoms with Gasteiger partial charge < -0.3 is 10.4 Å². The fourth-order valence-corrected chi connectivity index (χ4v) is 4.57. The van der Waals surface area contributed by atoms with Crippen LogP contribution in [0, 0.1) is 33.8 Å². The number of aromatic hydroxyl groups is 1. The molecule has 4 unspecified atom stereocenters. The Kier molecular flexibility index (Phi) is 2.52. The molecule has 3 aliphatic rings. The van der Waals surface area contributed by atoms with Gasteiger partial charge in [0, 0.05) is 17.7 Å². The summed E-state index contributed by atoms with van der Waals surface area (Å²) in [6, 6.07) is 3.99. The molecular weight excluding hydrogens is 272 g/mol. The molecule has 1 aromatic carbocycles. The highest BCUT2D eigenvalue weighted by atomic mass is 16.6. The summed E-state index contributed by atoms with van der Waals surface area (Å²) in [6.07, 6.45) is 3.90. The fourth-order valence-electron chi connectivity index (χ4n) is 4.57. The molecule has 2 N–H and O–H groups in total. The summed E-state index contributed by atoms with van der Waals surface area (Å²) < 4.78 is 0. The van der Waals surface area contributed by atoms with Gasteiger partial charge in [0.2, 0.25) is 0 Å². The SMILES string of the molecule is O=C(NC1C2C3CCC(C3)C12)c1ccc([N+](=O)[O-])c(O)c1. The van der Waals surface area contributed by atoms with Crippen molar-refractivity contribution in [3.63, 3.8) is 0 Å². The third-order valence-corrected chi connectivity index (χ3v) is 5.47. The summed E-state index contributed by atoms with van der Waals surface area (Å²) in [5.41, 5.74) is -0.108. The Bertz CT molecular complexity index is 629. The maximum absolute atomic E-state index is 12.2. The minimum atomic E-state index is -0.667. The number of hydrogen-bond donors (Lipinski definition) is 2. The number of amides is 1. The molecule has 6 heteroatoms. The molecule has 3 fully saturated rings. The van der Waals surface area contributed by atoms with Crippen LogP contribution >= 0.6 is 0 Å². The van der Waals surface area contributed by atoms with Gasteiger partial charge in [0.05, 0.1) is 4.92 Å². The lowest BCUT2D eigenvalue weighted by Gasteiger charge is -2.10. The average molecular weight is 288 g/mol. The molecule has 4 atom stereocenters. The highest BCUT2D eigenvalue weighted by Gasteiger charge is 2.65. The summed E-state index contributed by atoms with van der Waals surface area (Å²) in [5.74, 6) is 2.10. The molecule has 21 heavy (non-hydrogen) atoms. The van der Waals surface area contributed by atoms with Crippen LogP contribution in [0.5, 0.6) is 5.75 Å². The second-order valence-corrected chi connectivity index (χ2v) is 6.45. The van der Waals surface area contributed by atoms with E-state index >= 15 is 0 Å². The number of nitro benzene ring substituents is 1. The number of hydrogen-bond acceptors (Lipinski definition) is 4. The van der Waals surface area contributed by atoms with Crippen LogP contribution in [0.2, 0.25) is 0 Å². The van der Waals surface area contributed by atoms with Gasteiger partial charge >= 0.3 is 5.69 Å². The average Bonchev–Trinajstić information content (AvgIpc) is 2.83. The second kappa shape index (κ2) is 4.19. The molecule has 2 bridgehead atoms. The molecule has 0 aromatic heterocycles. The molecule has 0 heterocycles. The molecule has 110 valence electrons. The molecule has 3 saturated carbocycles. The first-order chi connectivity index (χ1) is 10.1. The maximum atomic E-state index is 12.2. The van der Waals surface area contributed by atoms with Crippen LogP contribution < -0.4 is 5.32 Å². The zero-order valence-corrected chi connectivity index (χ0v) is 11.4. The molecule has 4 rings (SSSR count). The largest absolute Gasteiger partial charge is 0.502 e. The van der Waals surface area contributed by atoms with E-state index in [4.69, 9.17) is 0 Å². The first kappa shape index (κ1) is 12.6. The molecule has 0 saturated heterocycles. The third-order valence-electron chi connectivity index (χ3n) is 5.47. The highest BCUT2D eigenvalue weighted by Crippen LogP contribution is 2.65. The zero-order valence-electron chi connectivity index (χ0n) is 11.4. The van der Waals surface area contributed by atoms with Crippen molar-refractivity contribution < 1.29 is 14.8 Å². The van der Waals surface area contributed by atoms with Crippen molar-refractivity contribution in [3.05, 3.63) is 33.9 Å². The van der Waals surface area contributed by atoms with E-state index < -0.39 is 10.7 Å². The van der Waals surface area contributed by atoms with Gasteiger partial charge in [0.25, 0.3) is 5.91 Å². The van der Waals surface area contributed by atoms with Crippen LogP contribution in [0.1, 0.15) is 29.6 Å². The van der Waals surface area contributed by atoms with Crippen molar-refractivity contribution in [1.82, 2.24) is 5.32 Å². The summed E-state index contributed by atoms with van der Waals surface area (Å²) >= 11 is 0. The molecule has 0 radical (unpaired) electrons. The van der Waals surface area contributed by atoms with E-state index in [0.29, 0.717) is 11.8 Å². The first-order valence-electron chi connectivity index (χ1n) is 7.34. The van der Waals surface area contributed by atoms with E-state index in [0.717, 1.165) is 11.8 Å². The fraction of sp³-hybridized carbons (Fsp3) is 0.533. The van der Waals surface area contributed by atoms with Crippen molar-refractivity contribution in [3.8, 4) is 5.75 Å². The minimum Gasteiger partial charge on any atom is -0.502 e. The Hall–Kier alpha value is -2.11. The molecule has 0 aliphatic heterocycles.